The molecule has 1 aromatic rings. The lowest BCUT2D eigenvalue weighted by molar-refractivity contribution is 0.124. The van der Waals surface area contributed by atoms with Gasteiger partial charge < -0.3 is 33.9 Å². The Bertz CT molecular complexity index is 841. The highest BCUT2D eigenvalue weighted by atomic mass is 28.5. The average molecular weight is 669 g/mol. The Morgan fingerprint density at radius 3 is 1.59 bits per heavy atom. The summed E-state index contributed by atoms with van der Waals surface area (Å²) < 4.78 is 51.5. The maximum Gasteiger partial charge on any atom is 0.500 e. The monoisotopic (exact) mass is 668 g/mol. The van der Waals surface area contributed by atoms with Crippen LogP contribution in [-0.4, -0.2) is 81.7 Å². The van der Waals surface area contributed by atoms with Crippen molar-refractivity contribution < 1.29 is 33.9 Å². The van der Waals surface area contributed by atoms with Crippen LogP contribution in [0, 0.1) is 0 Å². The number of hydrogen-bond donors (Lipinski definition) is 0. The second kappa shape index (κ2) is 15.2. The minimum Gasteiger partial charge on any atom is -0.439 e. The molecular weight excluding hydrogens is 613 g/mol. The Balaban J connectivity index is 3.40. The van der Waals surface area contributed by atoms with Crippen LogP contribution < -0.4 is 0 Å². The van der Waals surface area contributed by atoms with Gasteiger partial charge in [0.25, 0.3) is 9.28 Å². The summed E-state index contributed by atoms with van der Waals surface area (Å²) >= 11 is 0. The fourth-order valence-corrected chi connectivity index (χ4v) is 34.2. The van der Waals surface area contributed by atoms with Crippen molar-refractivity contribution in [2.24, 2.45) is 0 Å². The van der Waals surface area contributed by atoms with E-state index in [2.05, 4.69) is 96.3 Å². The van der Waals surface area contributed by atoms with Gasteiger partial charge in [-0.1, -0.05) is 30.3 Å². The predicted molar refractivity (Wildman–Crippen MR) is 177 cm³/mol. The third kappa shape index (κ3) is 14.9. The highest BCUT2D eigenvalue weighted by molar-refractivity contribution is 6.90. The molecule has 228 valence electrons. The Morgan fingerprint density at radius 1 is 0.590 bits per heavy atom. The number of benzene rings is 1. The normalized spacial score (nSPS) is 17.5. The molecule has 0 amide bonds. The highest BCUT2D eigenvalue weighted by Gasteiger charge is 2.51. The van der Waals surface area contributed by atoms with E-state index in [1.54, 1.807) is 21.3 Å². The van der Waals surface area contributed by atoms with Gasteiger partial charge in [0, 0.05) is 27.4 Å². The molecule has 0 heterocycles. The van der Waals surface area contributed by atoms with Gasteiger partial charge >= 0.3 is 34.5 Å². The van der Waals surface area contributed by atoms with Gasteiger partial charge in [0.2, 0.25) is 0 Å². The molecular formula is C24H56O8Si7. The summed E-state index contributed by atoms with van der Waals surface area (Å²) in [6.45, 7) is 23.9. The molecule has 0 saturated heterocycles. The van der Waals surface area contributed by atoms with Gasteiger partial charge in [-0.2, -0.15) is 0 Å². The first-order valence-electron chi connectivity index (χ1n) is 13.8. The van der Waals surface area contributed by atoms with Crippen LogP contribution in [0.2, 0.25) is 90.1 Å². The number of hydrogen-bond acceptors (Lipinski definition) is 8. The molecule has 0 aromatic heterocycles. The van der Waals surface area contributed by atoms with Crippen molar-refractivity contribution in [2.75, 3.05) is 21.3 Å². The Kier molecular flexibility index (Phi) is 14.6. The highest BCUT2D eigenvalue weighted by Crippen LogP contribution is 2.33. The van der Waals surface area contributed by atoms with Crippen LogP contribution in [0.5, 0.6) is 0 Å². The zero-order valence-electron chi connectivity index (χ0n) is 27.1. The molecule has 0 aliphatic rings. The van der Waals surface area contributed by atoms with Crippen molar-refractivity contribution in [1.29, 1.82) is 0 Å². The SMILES string of the molecule is CO[Si](CC[Si](C)(O[Si](C)(C)O[Si](C)(C)C)O[Si](C)(CCc1ccccc1)O[SiH](C)O[Si](C)(C)C)(OC)OC. The second-order valence-electron chi connectivity index (χ2n) is 12.8. The molecule has 39 heavy (non-hydrogen) atoms. The van der Waals surface area contributed by atoms with Gasteiger partial charge in [0.1, 0.15) is 0 Å². The molecule has 1 rings (SSSR count). The summed E-state index contributed by atoms with van der Waals surface area (Å²) in [5.41, 5.74) is 1.27. The van der Waals surface area contributed by atoms with Gasteiger partial charge in [-0.15, -0.1) is 0 Å². The topological polar surface area (TPSA) is 73.8 Å². The van der Waals surface area contributed by atoms with E-state index in [0.29, 0.717) is 12.1 Å². The Morgan fingerprint density at radius 2 is 1.13 bits per heavy atom. The van der Waals surface area contributed by atoms with Crippen molar-refractivity contribution in [3.8, 4) is 0 Å². The average Bonchev–Trinajstić information content (AvgIpc) is 2.76. The minimum absolute atomic E-state index is 0.595. The van der Waals surface area contributed by atoms with Crippen LogP contribution in [0.3, 0.4) is 0 Å². The molecule has 3 unspecified atom stereocenters. The second-order valence-corrected chi connectivity index (χ2v) is 38.1. The van der Waals surface area contributed by atoms with Crippen LogP contribution in [0.1, 0.15) is 5.56 Å². The summed E-state index contributed by atoms with van der Waals surface area (Å²) in [5, 5.41) is 0. The summed E-state index contributed by atoms with van der Waals surface area (Å²) in [7, 11) is -11.6. The third-order valence-electron chi connectivity index (χ3n) is 5.91. The Hall–Kier alpha value is 0.418. The largest absolute Gasteiger partial charge is 0.500 e. The molecule has 15 heteroatoms. The molecule has 8 nitrogen and oxygen atoms in total. The molecule has 0 saturated carbocycles. The first-order chi connectivity index (χ1) is 17.7. The molecule has 0 fully saturated rings. The molecule has 3 atom stereocenters. The van der Waals surface area contributed by atoms with E-state index in [1.807, 2.05) is 6.07 Å². The van der Waals surface area contributed by atoms with E-state index in [4.69, 9.17) is 33.9 Å². The quantitative estimate of drug-likeness (QED) is 0.154. The summed E-state index contributed by atoms with van der Waals surface area (Å²) in [4.78, 5) is 0. The first-order valence-corrected chi connectivity index (χ1v) is 32.6. The number of aryl methyl sites for hydroxylation is 1. The zero-order chi connectivity index (χ0) is 30.2. The molecule has 0 aliphatic heterocycles. The fraction of sp³-hybridized carbons (Fsp3) is 0.750. The first kappa shape index (κ1) is 37.4. The van der Waals surface area contributed by atoms with E-state index < -0.39 is 60.4 Å². The zero-order valence-corrected chi connectivity index (χ0v) is 34.2. The standard InChI is InChI=1S/C24H56O8Si7/c1-25-39(26-2,27-3)23-22-38(14,31-36(11,12)30-35(8,9)10)32-37(13,29-33(4)28-34(5,6)7)21-20-24-18-16-15-17-19-24/h15-19,33H,20-23H2,1-14H3. The van der Waals surface area contributed by atoms with Crippen LogP contribution in [0.15, 0.2) is 30.3 Å². The van der Waals surface area contributed by atoms with Crippen molar-refractivity contribution >= 4 is 60.4 Å². The van der Waals surface area contributed by atoms with E-state index in [1.165, 1.54) is 5.56 Å². The van der Waals surface area contributed by atoms with Gasteiger partial charge in [0.05, 0.1) is 0 Å². The van der Waals surface area contributed by atoms with Crippen molar-refractivity contribution in [3.05, 3.63) is 35.9 Å². The fourth-order valence-electron chi connectivity index (χ4n) is 4.82. The van der Waals surface area contributed by atoms with Gasteiger partial charge in [-0.25, -0.2) is 0 Å². The maximum atomic E-state index is 7.24. The lowest BCUT2D eigenvalue weighted by Gasteiger charge is -2.44. The molecule has 0 spiro atoms. The van der Waals surface area contributed by atoms with E-state index in [-0.39, 0.29) is 0 Å². The van der Waals surface area contributed by atoms with Crippen LogP contribution in [-0.2, 0) is 40.3 Å². The van der Waals surface area contributed by atoms with E-state index in [9.17, 15) is 0 Å². The lowest BCUT2D eigenvalue weighted by Crippen LogP contribution is -2.60. The van der Waals surface area contributed by atoms with Gasteiger partial charge in [-0.05, 0) is 96.1 Å². The minimum atomic E-state index is -2.87. The van der Waals surface area contributed by atoms with Gasteiger partial charge in [0.15, 0.2) is 16.6 Å². The Labute approximate surface area is 247 Å². The maximum absolute atomic E-state index is 7.24. The van der Waals surface area contributed by atoms with Crippen LogP contribution >= 0.6 is 0 Å². The molecule has 0 bridgehead atoms. The molecule has 0 aliphatic carbocycles. The summed E-state index contributed by atoms with van der Waals surface area (Å²) in [6, 6.07) is 12.6. The van der Waals surface area contributed by atoms with E-state index in [0.717, 1.165) is 12.5 Å². The van der Waals surface area contributed by atoms with Gasteiger partial charge in [-0.3, -0.25) is 0 Å². The summed E-state index contributed by atoms with van der Waals surface area (Å²) in [5.74, 6) is 0. The van der Waals surface area contributed by atoms with Crippen molar-refractivity contribution in [3.63, 3.8) is 0 Å². The van der Waals surface area contributed by atoms with E-state index >= 15 is 0 Å². The third-order valence-corrected chi connectivity index (χ3v) is 30.5. The molecule has 0 N–H and O–H groups in total. The molecule has 1 aromatic carbocycles. The predicted octanol–water partition coefficient (Wildman–Crippen LogP) is 6.56. The molecule has 0 radical (unpaired) electrons. The smallest absolute Gasteiger partial charge is 0.439 e. The number of rotatable bonds is 19. The van der Waals surface area contributed by atoms with Crippen LogP contribution in [0.4, 0.5) is 0 Å². The summed E-state index contributed by atoms with van der Waals surface area (Å²) in [6.07, 6.45) is 0.876. The van der Waals surface area contributed by atoms with Crippen molar-refractivity contribution in [2.45, 2.75) is 96.6 Å². The van der Waals surface area contributed by atoms with Crippen molar-refractivity contribution in [1.82, 2.24) is 0 Å². The van der Waals surface area contributed by atoms with Crippen LogP contribution in [0.25, 0.3) is 0 Å². The lowest BCUT2D eigenvalue weighted by atomic mass is 10.2.